The lowest BCUT2D eigenvalue weighted by Crippen LogP contribution is -2.05. The monoisotopic (exact) mass is 1300 g/mol. The molecule has 0 heterocycles. The zero-order valence-corrected chi connectivity index (χ0v) is 57.0. The number of hydrogen-bond acceptors (Lipinski definition) is 0. The third-order valence-electron chi connectivity index (χ3n) is 21.4. The molecule has 0 unspecified atom stereocenters. The molecule has 0 bridgehead atoms. The molecule has 0 nitrogen and oxygen atoms in total. The summed E-state index contributed by atoms with van der Waals surface area (Å²) >= 11 is 0. The van der Waals surface area contributed by atoms with Gasteiger partial charge in [0, 0.05) is 0 Å². The Morgan fingerprint density at radius 3 is 0.755 bits per heavy atom. The molecule has 0 saturated heterocycles. The van der Waals surface area contributed by atoms with Crippen LogP contribution in [-0.2, 0) is 0 Å². The number of fused-ring (bicyclic) bond motifs is 6. The van der Waals surface area contributed by atoms with E-state index in [9.17, 15) is 0 Å². The van der Waals surface area contributed by atoms with Gasteiger partial charge < -0.3 is 0 Å². The number of benzene rings is 18. The van der Waals surface area contributed by atoms with Crippen LogP contribution in [0.25, 0.3) is 176 Å². The second kappa shape index (κ2) is 27.3. The summed E-state index contributed by atoms with van der Waals surface area (Å²) in [5.74, 6) is 0.593. The summed E-state index contributed by atoms with van der Waals surface area (Å²) < 4.78 is 0. The van der Waals surface area contributed by atoms with E-state index >= 15 is 0 Å². The van der Waals surface area contributed by atoms with Gasteiger partial charge in [0.25, 0.3) is 0 Å². The van der Waals surface area contributed by atoms with E-state index in [0.29, 0.717) is 5.92 Å². The summed E-state index contributed by atoms with van der Waals surface area (Å²) in [6.07, 6.45) is 6.52. The van der Waals surface area contributed by atoms with Crippen molar-refractivity contribution in [2.45, 2.75) is 38.0 Å². The molecule has 18 aromatic carbocycles. The Labute approximate surface area is 597 Å². The van der Waals surface area contributed by atoms with Gasteiger partial charge in [-0.2, -0.15) is 0 Å². The van der Waals surface area contributed by atoms with Crippen molar-refractivity contribution in [1.82, 2.24) is 0 Å². The zero-order chi connectivity index (χ0) is 67.7. The van der Waals surface area contributed by atoms with E-state index in [4.69, 9.17) is 0 Å². The lowest BCUT2D eigenvalue weighted by molar-refractivity contribution is 0.444. The molecule has 482 valence electrons. The molecule has 1 aliphatic rings. The summed E-state index contributed by atoms with van der Waals surface area (Å²) in [7, 11) is 0. The lowest BCUT2D eigenvalue weighted by Gasteiger charge is -2.25. The highest BCUT2D eigenvalue weighted by Gasteiger charge is 2.25. The van der Waals surface area contributed by atoms with Crippen molar-refractivity contribution in [2.24, 2.45) is 0 Å². The first-order valence-electron chi connectivity index (χ1n) is 36.2. The van der Waals surface area contributed by atoms with E-state index in [1.54, 1.807) is 0 Å². The molecule has 19 rings (SSSR count). The van der Waals surface area contributed by atoms with Gasteiger partial charge in [-0.25, -0.2) is 0 Å². The summed E-state index contributed by atoms with van der Waals surface area (Å²) in [6.45, 7) is 0. The largest absolute Gasteiger partial charge is 0.0622 e. The average Bonchev–Trinajstić information content (AvgIpc) is 0.727. The average molecular weight is 1300 g/mol. The van der Waals surface area contributed by atoms with Crippen LogP contribution in [0, 0.1) is 0 Å². The van der Waals surface area contributed by atoms with Gasteiger partial charge in [0.2, 0.25) is 0 Å². The van der Waals surface area contributed by atoms with E-state index in [2.05, 4.69) is 382 Å². The van der Waals surface area contributed by atoms with Crippen LogP contribution in [0.15, 0.2) is 382 Å². The first-order chi connectivity index (χ1) is 50.6. The van der Waals surface area contributed by atoms with Crippen LogP contribution in [0.1, 0.15) is 43.6 Å². The molecule has 0 heteroatoms. The fraction of sp³-hybridized carbons (Fsp3) is 0.0588. The fourth-order valence-electron chi connectivity index (χ4n) is 16.5. The highest BCUT2D eigenvalue weighted by atomic mass is 14.3. The molecule has 0 radical (unpaired) electrons. The molecule has 0 aromatic heterocycles. The molecule has 0 N–H and O–H groups in total. The predicted octanol–water partition coefficient (Wildman–Crippen LogP) is 29.0. The van der Waals surface area contributed by atoms with Crippen molar-refractivity contribution in [3.63, 3.8) is 0 Å². The quantitative estimate of drug-likeness (QED) is 0.113. The highest BCUT2D eigenvalue weighted by molar-refractivity contribution is 6.26. The van der Waals surface area contributed by atoms with Crippen molar-refractivity contribution in [3.05, 3.63) is 388 Å². The van der Waals surface area contributed by atoms with Crippen LogP contribution >= 0.6 is 0 Å². The third-order valence-corrected chi connectivity index (χ3v) is 21.4. The second-order valence-electron chi connectivity index (χ2n) is 27.6. The van der Waals surface area contributed by atoms with Gasteiger partial charge in [-0.1, -0.05) is 335 Å². The van der Waals surface area contributed by atoms with Gasteiger partial charge in [-0.05, 0) is 267 Å². The maximum absolute atomic E-state index is 2.54. The highest BCUT2D eigenvalue weighted by Crippen LogP contribution is 2.51. The van der Waals surface area contributed by atoms with Crippen LogP contribution < -0.4 is 0 Å². The van der Waals surface area contributed by atoms with E-state index in [0.717, 1.165) is 0 Å². The predicted molar refractivity (Wildman–Crippen MR) is 438 cm³/mol. The van der Waals surface area contributed by atoms with Crippen molar-refractivity contribution in [3.8, 4) is 111 Å². The smallest absolute Gasteiger partial charge is 0.00199 e. The molecule has 1 fully saturated rings. The van der Waals surface area contributed by atoms with Crippen molar-refractivity contribution < 1.29 is 0 Å². The molecule has 0 atom stereocenters. The van der Waals surface area contributed by atoms with Crippen LogP contribution in [0.3, 0.4) is 0 Å². The normalized spacial score (nSPS) is 12.5. The minimum absolute atomic E-state index is 0.593. The van der Waals surface area contributed by atoms with Gasteiger partial charge in [-0.3, -0.25) is 0 Å². The topological polar surface area (TPSA) is 0 Å². The van der Waals surface area contributed by atoms with Crippen molar-refractivity contribution in [1.29, 1.82) is 0 Å². The van der Waals surface area contributed by atoms with E-state index in [1.165, 1.54) is 214 Å². The summed E-state index contributed by atoms with van der Waals surface area (Å²) in [4.78, 5) is 0. The molecule has 0 aliphatic heterocycles. The zero-order valence-electron chi connectivity index (χ0n) is 57.0. The molecular weight excluding hydrogens is 1230 g/mol. The molecule has 102 heavy (non-hydrogen) atoms. The Bertz CT molecular complexity index is 5990. The van der Waals surface area contributed by atoms with Crippen molar-refractivity contribution >= 4 is 64.6 Å². The molecule has 18 aromatic rings. The SMILES string of the molecule is c1ccc(-c2cc(-c3ccccc3)cc(-c3c4ccccc4c(-c4cc(-c5ccccc5)cc(C5CCCCC5)c4)c4cc5ccccc5cc34)c2)cc1.c1ccc(-c2cc(-c3ccccc3)cc(-c3c4ccccc4c(-c4ccccc4-c4ccccc4)c4cc5ccccc5cc34)c2)cc1. The summed E-state index contributed by atoms with van der Waals surface area (Å²) in [6, 6.07) is 141. The Balaban J connectivity index is 0.000000147. The minimum atomic E-state index is 0.593. The first-order valence-corrected chi connectivity index (χ1v) is 36.2. The van der Waals surface area contributed by atoms with E-state index in [-0.39, 0.29) is 0 Å². The standard InChI is InChI=1S/C54H42.C48H32/c1-5-17-37(18-6-1)43-29-44(38-19-7-2-8-20-38)32-47(31-43)53-49-27-15-16-28-50(49)54(52-36-42-26-14-13-25-41(42)35-51(52)53)48-33-45(39-21-9-3-10-22-39)30-46(34-48)40-23-11-4-12-24-40;1-4-16-33(17-5-1)38-28-39(34-18-6-2-7-19-34)30-40(29-38)47-43-26-14-15-27-44(43)48(46-32-37-23-11-10-22-36(37)31-45(46)47)42-25-13-12-24-41(42)35-20-8-3-9-21-35/h1-3,5-10,13-22,25-36,40H,4,11-12,23-24H2;1-32H. The molecular formula is C102H74. The van der Waals surface area contributed by atoms with Crippen LogP contribution in [0.4, 0.5) is 0 Å². The Morgan fingerprint density at radius 2 is 0.402 bits per heavy atom. The maximum Gasteiger partial charge on any atom is -0.00199 e. The van der Waals surface area contributed by atoms with Crippen LogP contribution in [-0.4, -0.2) is 0 Å². The van der Waals surface area contributed by atoms with Gasteiger partial charge in [0.05, 0.1) is 0 Å². The van der Waals surface area contributed by atoms with E-state index < -0.39 is 0 Å². The van der Waals surface area contributed by atoms with Crippen molar-refractivity contribution in [2.75, 3.05) is 0 Å². The summed E-state index contributed by atoms with van der Waals surface area (Å²) in [5, 5.41) is 15.2. The number of hydrogen-bond donors (Lipinski definition) is 0. The van der Waals surface area contributed by atoms with Crippen LogP contribution in [0.5, 0.6) is 0 Å². The fourth-order valence-corrected chi connectivity index (χ4v) is 16.5. The Morgan fingerprint density at radius 1 is 0.157 bits per heavy atom. The third kappa shape index (κ3) is 11.9. The summed E-state index contributed by atoms with van der Waals surface area (Å²) in [5.41, 5.74) is 26.4. The first kappa shape index (κ1) is 61.8. The van der Waals surface area contributed by atoms with Gasteiger partial charge in [-0.15, -0.1) is 0 Å². The molecule has 1 aliphatic carbocycles. The van der Waals surface area contributed by atoms with Gasteiger partial charge in [0.15, 0.2) is 0 Å². The van der Waals surface area contributed by atoms with Gasteiger partial charge >= 0.3 is 0 Å². The minimum Gasteiger partial charge on any atom is -0.0622 e. The van der Waals surface area contributed by atoms with Crippen LogP contribution in [0.2, 0.25) is 0 Å². The molecule has 0 amide bonds. The Hall–Kier alpha value is -12.5. The molecule has 0 spiro atoms. The number of rotatable bonds is 11. The molecule has 1 saturated carbocycles. The lowest BCUT2D eigenvalue weighted by atomic mass is 9.80. The van der Waals surface area contributed by atoms with E-state index in [1.807, 2.05) is 0 Å². The maximum atomic E-state index is 2.54. The Kier molecular flexibility index (Phi) is 16.6. The van der Waals surface area contributed by atoms with Gasteiger partial charge in [0.1, 0.15) is 0 Å². The second-order valence-corrected chi connectivity index (χ2v) is 27.6.